The van der Waals surface area contributed by atoms with Gasteiger partial charge in [0.2, 0.25) is 0 Å². The molecular weight excluding hydrogens is 337 g/mol. The summed E-state index contributed by atoms with van der Waals surface area (Å²) in [4.78, 5) is 13.2. The summed E-state index contributed by atoms with van der Waals surface area (Å²) in [5, 5.41) is 8.68. The number of nitrogens with zero attached hydrogens (tertiary/aromatic N) is 2. The highest BCUT2D eigenvalue weighted by Crippen LogP contribution is 2.34. The molecule has 1 rings (SSSR count). The second kappa shape index (κ2) is 6.27. The third kappa shape index (κ3) is 3.97. The van der Waals surface area contributed by atoms with Gasteiger partial charge in [0.25, 0.3) is 5.91 Å². The summed E-state index contributed by atoms with van der Waals surface area (Å²) in [6.45, 7) is 1.67. The molecule has 1 aromatic rings. The smallest absolute Gasteiger partial charge is 0.340 e. The fourth-order valence-corrected chi connectivity index (χ4v) is 2.04. The van der Waals surface area contributed by atoms with E-state index in [1.807, 2.05) is 6.07 Å². The highest BCUT2D eigenvalue weighted by atomic mass is 79.9. The first-order valence-corrected chi connectivity index (χ1v) is 6.48. The fourth-order valence-electron chi connectivity index (χ4n) is 1.68. The largest absolute Gasteiger partial charge is 0.417 e. The Morgan fingerprint density at radius 3 is 2.60 bits per heavy atom. The lowest BCUT2D eigenvalue weighted by atomic mass is 10.1. The first-order chi connectivity index (χ1) is 9.16. The van der Waals surface area contributed by atoms with Gasteiger partial charge in [0.1, 0.15) is 0 Å². The number of carbonyl (C=O) groups excluding carboxylic acids is 1. The van der Waals surface area contributed by atoms with Gasteiger partial charge in [-0.3, -0.25) is 4.79 Å². The molecule has 1 aromatic carbocycles. The summed E-state index contributed by atoms with van der Waals surface area (Å²) >= 11 is 2.96. The molecule has 0 heterocycles. The molecule has 0 aliphatic heterocycles. The molecule has 0 aromatic heterocycles. The van der Waals surface area contributed by atoms with Gasteiger partial charge in [0.05, 0.1) is 23.1 Å². The van der Waals surface area contributed by atoms with Crippen LogP contribution < -0.4 is 0 Å². The average molecular weight is 349 g/mol. The zero-order valence-corrected chi connectivity index (χ0v) is 12.4. The number of carbonyl (C=O) groups is 1. The normalized spacial score (nSPS) is 12.7. The minimum Gasteiger partial charge on any atom is -0.340 e. The number of hydrogen-bond donors (Lipinski definition) is 0. The number of alkyl halides is 3. The molecule has 0 radical (unpaired) electrons. The molecule has 0 bridgehead atoms. The van der Waals surface area contributed by atoms with Gasteiger partial charge < -0.3 is 4.90 Å². The van der Waals surface area contributed by atoms with Crippen LogP contribution in [0.15, 0.2) is 22.7 Å². The Bertz CT molecular complexity index is 552. The maximum Gasteiger partial charge on any atom is 0.417 e. The van der Waals surface area contributed by atoms with E-state index in [2.05, 4.69) is 15.9 Å². The van der Waals surface area contributed by atoms with Crippen molar-refractivity contribution in [1.29, 1.82) is 5.26 Å². The predicted octanol–water partition coefficient (Wildman–Crippen LogP) is 3.70. The monoisotopic (exact) mass is 348 g/mol. The number of nitriles is 1. The molecule has 0 aliphatic rings. The van der Waals surface area contributed by atoms with Crippen LogP contribution in [0.5, 0.6) is 0 Å². The van der Waals surface area contributed by atoms with E-state index in [9.17, 15) is 18.0 Å². The Morgan fingerprint density at radius 1 is 1.50 bits per heavy atom. The number of benzene rings is 1. The zero-order valence-electron chi connectivity index (χ0n) is 10.8. The van der Waals surface area contributed by atoms with Gasteiger partial charge >= 0.3 is 6.18 Å². The molecule has 0 saturated heterocycles. The lowest BCUT2D eigenvalue weighted by Gasteiger charge is -2.21. The van der Waals surface area contributed by atoms with Crippen LogP contribution in [0.2, 0.25) is 0 Å². The standard InChI is InChI=1S/C13H12BrF3N2O/c1-8(6-18)7-19(2)12(20)10-4-3-9(14)5-11(10)13(15,16)17/h3-5,8H,7H2,1-2H3. The quantitative estimate of drug-likeness (QED) is 0.835. The van der Waals surface area contributed by atoms with Crippen LogP contribution in [0.1, 0.15) is 22.8 Å². The van der Waals surface area contributed by atoms with Crippen LogP contribution in [0.4, 0.5) is 13.2 Å². The van der Waals surface area contributed by atoms with Crippen molar-refractivity contribution >= 4 is 21.8 Å². The molecule has 0 saturated carbocycles. The van der Waals surface area contributed by atoms with Crippen molar-refractivity contribution in [1.82, 2.24) is 4.90 Å². The molecule has 0 N–H and O–H groups in total. The van der Waals surface area contributed by atoms with Crippen LogP contribution >= 0.6 is 15.9 Å². The van der Waals surface area contributed by atoms with Gasteiger partial charge in [-0.05, 0) is 25.1 Å². The molecule has 108 valence electrons. The van der Waals surface area contributed by atoms with Crippen molar-refractivity contribution in [2.75, 3.05) is 13.6 Å². The van der Waals surface area contributed by atoms with E-state index in [-0.39, 0.29) is 11.0 Å². The lowest BCUT2D eigenvalue weighted by Crippen LogP contribution is -2.32. The molecule has 0 aliphatic carbocycles. The SMILES string of the molecule is CC(C#N)CN(C)C(=O)c1ccc(Br)cc1C(F)(F)F. The van der Waals surface area contributed by atoms with Gasteiger partial charge in [0.15, 0.2) is 0 Å². The third-order valence-electron chi connectivity index (χ3n) is 2.63. The van der Waals surface area contributed by atoms with Crippen LogP contribution in [0, 0.1) is 17.2 Å². The number of hydrogen-bond acceptors (Lipinski definition) is 2. The molecule has 1 amide bonds. The Morgan fingerprint density at radius 2 is 2.10 bits per heavy atom. The van der Waals surface area contributed by atoms with Crippen LogP contribution in [0.25, 0.3) is 0 Å². The molecule has 3 nitrogen and oxygen atoms in total. The highest BCUT2D eigenvalue weighted by molar-refractivity contribution is 9.10. The zero-order chi connectivity index (χ0) is 15.5. The lowest BCUT2D eigenvalue weighted by molar-refractivity contribution is -0.138. The minimum absolute atomic E-state index is 0.0721. The second-order valence-corrected chi connectivity index (χ2v) is 5.32. The van der Waals surface area contributed by atoms with Gasteiger partial charge in [-0.1, -0.05) is 15.9 Å². The predicted molar refractivity (Wildman–Crippen MR) is 70.9 cm³/mol. The first-order valence-electron chi connectivity index (χ1n) is 5.68. The Labute approximate surface area is 123 Å². The van der Waals surface area contributed by atoms with Crippen molar-refractivity contribution in [2.24, 2.45) is 5.92 Å². The molecule has 1 atom stereocenters. The number of amides is 1. The molecule has 1 unspecified atom stereocenters. The Balaban J connectivity index is 3.14. The fraction of sp³-hybridized carbons (Fsp3) is 0.385. The van der Waals surface area contributed by atoms with Crippen molar-refractivity contribution in [3.63, 3.8) is 0 Å². The van der Waals surface area contributed by atoms with E-state index in [1.54, 1.807) is 6.92 Å². The maximum absolute atomic E-state index is 12.9. The van der Waals surface area contributed by atoms with Gasteiger partial charge in [-0.15, -0.1) is 0 Å². The summed E-state index contributed by atoms with van der Waals surface area (Å²) in [5.41, 5.74) is -1.42. The number of rotatable bonds is 3. The molecule has 7 heteroatoms. The third-order valence-corrected chi connectivity index (χ3v) is 3.13. The number of halogens is 4. The van der Waals surface area contributed by atoms with Gasteiger partial charge in [-0.2, -0.15) is 18.4 Å². The van der Waals surface area contributed by atoms with Crippen molar-refractivity contribution in [2.45, 2.75) is 13.1 Å². The highest BCUT2D eigenvalue weighted by Gasteiger charge is 2.36. The Hall–Kier alpha value is -1.55. The topological polar surface area (TPSA) is 44.1 Å². The van der Waals surface area contributed by atoms with Gasteiger partial charge in [0, 0.05) is 18.1 Å². The summed E-state index contributed by atoms with van der Waals surface area (Å²) in [5.74, 6) is -1.21. The van der Waals surface area contributed by atoms with E-state index in [0.29, 0.717) is 0 Å². The second-order valence-electron chi connectivity index (χ2n) is 4.40. The van der Waals surface area contributed by atoms with E-state index < -0.39 is 29.1 Å². The summed E-state index contributed by atoms with van der Waals surface area (Å²) in [7, 11) is 1.37. The van der Waals surface area contributed by atoms with Crippen molar-refractivity contribution < 1.29 is 18.0 Å². The average Bonchev–Trinajstić information content (AvgIpc) is 2.36. The molecule has 0 spiro atoms. The minimum atomic E-state index is -4.61. The Kier molecular flexibility index (Phi) is 5.17. The van der Waals surface area contributed by atoms with Crippen molar-refractivity contribution in [3.05, 3.63) is 33.8 Å². The molecule has 20 heavy (non-hydrogen) atoms. The maximum atomic E-state index is 12.9. The van der Waals surface area contributed by atoms with E-state index in [0.717, 1.165) is 17.0 Å². The molecular formula is C13H12BrF3N2O. The van der Waals surface area contributed by atoms with Crippen LogP contribution in [-0.4, -0.2) is 24.4 Å². The first kappa shape index (κ1) is 16.5. The van der Waals surface area contributed by atoms with E-state index in [4.69, 9.17) is 5.26 Å². The molecule has 0 fully saturated rings. The van der Waals surface area contributed by atoms with Gasteiger partial charge in [-0.25, -0.2) is 0 Å². The van der Waals surface area contributed by atoms with E-state index in [1.165, 1.54) is 13.1 Å². The van der Waals surface area contributed by atoms with Crippen LogP contribution in [-0.2, 0) is 6.18 Å². The van der Waals surface area contributed by atoms with E-state index >= 15 is 0 Å². The summed E-state index contributed by atoms with van der Waals surface area (Å²) < 4.78 is 39.1. The summed E-state index contributed by atoms with van der Waals surface area (Å²) in [6, 6.07) is 5.31. The summed E-state index contributed by atoms with van der Waals surface area (Å²) in [6.07, 6.45) is -4.61. The van der Waals surface area contributed by atoms with Crippen molar-refractivity contribution in [3.8, 4) is 6.07 Å². The van der Waals surface area contributed by atoms with Crippen LogP contribution in [0.3, 0.4) is 0 Å².